The van der Waals surface area contributed by atoms with Crippen molar-refractivity contribution in [2.75, 3.05) is 5.32 Å². The fourth-order valence-electron chi connectivity index (χ4n) is 2.53. The van der Waals surface area contributed by atoms with Gasteiger partial charge in [-0.3, -0.25) is 14.4 Å². The summed E-state index contributed by atoms with van der Waals surface area (Å²) in [5.41, 5.74) is 2.66. The van der Waals surface area contributed by atoms with Gasteiger partial charge in [0.15, 0.2) is 0 Å². The molecule has 0 fully saturated rings. The van der Waals surface area contributed by atoms with Gasteiger partial charge in [-0.05, 0) is 41.8 Å². The van der Waals surface area contributed by atoms with Crippen molar-refractivity contribution in [2.45, 2.75) is 25.8 Å². The Morgan fingerprint density at radius 2 is 1.43 bits per heavy atom. The van der Waals surface area contributed by atoms with Gasteiger partial charge in [0.1, 0.15) is 6.04 Å². The zero-order valence-electron chi connectivity index (χ0n) is 15.1. The summed E-state index contributed by atoms with van der Waals surface area (Å²) >= 11 is 0. The average Bonchev–Trinajstić information content (AvgIpc) is 2.65. The van der Waals surface area contributed by atoms with E-state index in [-0.39, 0.29) is 24.3 Å². The molecule has 2 amide bonds. The summed E-state index contributed by atoms with van der Waals surface area (Å²) < 4.78 is 0. The van der Waals surface area contributed by atoms with Crippen LogP contribution in [0, 0.1) is 0 Å². The Morgan fingerprint density at radius 3 is 1.89 bits per heavy atom. The Kier molecular flexibility index (Phi) is 6.86. The maximum atomic E-state index is 12.2. The van der Waals surface area contributed by atoms with Crippen LogP contribution in [0.5, 0.6) is 0 Å². The zero-order chi connectivity index (χ0) is 20.7. The molecular formula is C20H20N2O6. The first-order valence-electron chi connectivity index (χ1n) is 8.50. The fourth-order valence-corrected chi connectivity index (χ4v) is 2.53. The number of anilines is 1. The van der Waals surface area contributed by atoms with Crippen LogP contribution in [-0.4, -0.2) is 40.0 Å². The molecule has 28 heavy (non-hydrogen) atoms. The molecule has 0 spiro atoms. The van der Waals surface area contributed by atoms with Crippen molar-refractivity contribution >= 4 is 29.4 Å². The number of aliphatic carboxylic acids is 2. The average molecular weight is 384 g/mol. The van der Waals surface area contributed by atoms with Crippen LogP contribution in [0.15, 0.2) is 48.5 Å². The SMILES string of the molecule is CC(=O)Nc1ccc(-c2ccc(C(=O)NC(CCC(=O)O)C(=O)O)cc2)cc1. The standard InChI is InChI=1S/C20H20N2O6/c1-12(23)21-16-8-6-14(7-9-16)13-2-4-15(5-3-13)19(26)22-17(20(27)28)10-11-18(24)25/h2-9,17H,10-11H2,1H3,(H,21,23)(H,22,26)(H,24,25)(H,27,28). The first-order chi connectivity index (χ1) is 13.3. The van der Waals surface area contributed by atoms with Gasteiger partial charge >= 0.3 is 11.9 Å². The van der Waals surface area contributed by atoms with Crippen molar-refractivity contribution in [3.05, 3.63) is 54.1 Å². The Balaban J connectivity index is 2.06. The van der Waals surface area contributed by atoms with E-state index in [1.807, 2.05) is 12.1 Å². The Labute approximate surface area is 161 Å². The van der Waals surface area contributed by atoms with Crippen LogP contribution in [0.2, 0.25) is 0 Å². The minimum Gasteiger partial charge on any atom is -0.481 e. The van der Waals surface area contributed by atoms with E-state index < -0.39 is 23.9 Å². The lowest BCUT2D eigenvalue weighted by molar-refractivity contribution is -0.140. The maximum Gasteiger partial charge on any atom is 0.326 e. The molecule has 2 aromatic rings. The van der Waals surface area contributed by atoms with Crippen LogP contribution < -0.4 is 10.6 Å². The molecule has 0 saturated carbocycles. The number of hydrogen-bond acceptors (Lipinski definition) is 4. The third kappa shape index (κ3) is 5.94. The van der Waals surface area contributed by atoms with Crippen molar-refractivity contribution in [2.24, 2.45) is 0 Å². The predicted molar refractivity (Wildman–Crippen MR) is 102 cm³/mol. The molecule has 0 aliphatic rings. The molecule has 0 bridgehead atoms. The van der Waals surface area contributed by atoms with Gasteiger partial charge in [-0.15, -0.1) is 0 Å². The molecule has 2 aromatic carbocycles. The number of carbonyl (C=O) groups is 4. The van der Waals surface area contributed by atoms with E-state index in [4.69, 9.17) is 10.2 Å². The van der Waals surface area contributed by atoms with Gasteiger partial charge in [0.25, 0.3) is 5.91 Å². The zero-order valence-corrected chi connectivity index (χ0v) is 15.1. The molecule has 0 radical (unpaired) electrons. The Hall–Kier alpha value is -3.68. The minimum atomic E-state index is -1.29. The van der Waals surface area contributed by atoms with Crippen LogP contribution in [0.25, 0.3) is 11.1 Å². The predicted octanol–water partition coefficient (Wildman–Crippen LogP) is 2.36. The molecule has 1 atom stereocenters. The third-order valence-corrected chi connectivity index (χ3v) is 3.94. The minimum absolute atomic E-state index is 0.161. The molecule has 4 N–H and O–H groups in total. The lowest BCUT2D eigenvalue weighted by Gasteiger charge is -2.13. The molecule has 0 saturated heterocycles. The van der Waals surface area contributed by atoms with Crippen molar-refractivity contribution in [1.29, 1.82) is 0 Å². The molecule has 0 aliphatic heterocycles. The lowest BCUT2D eigenvalue weighted by Crippen LogP contribution is -2.41. The highest BCUT2D eigenvalue weighted by Gasteiger charge is 2.21. The van der Waals surface area contributed by atoms with Gasteiger partial charge in [0, 0.05) is 24.6 Å². The second-order valence-corrected chi connectivity index (χ2v) is 6.13. The Bertz CT molecular complexity index is 875. The molecule has 1 unspecified atom stereocenters. The number of carboxylic acids is 2. The number of carboxylic acid groups (broad SMARTS) is 2. The summed E-state index contributed by atoms with van der Waals surface area (Å²) in [4.78, 5) is 45.1. The monoisotopic (exact) mass is 384 g/mol. The van der Waals surface area contributed by atoms with Crippen molar-refractivity contribution in [1.82, 2.24) is 5.32 Å². The van der Waals surface area contributed by atoms with E-state index in [0.29, 0.717) is 5.69 Å². The second-order valence-electron chi connectivity index (χ2n) is 6.13. The van der Waals surface area contributed by atoms with Gasteiger partial charge in [-0.25, -0.2) is 4.79 Å². The van der Waals surface area contributed by atoms with Crippen LogP contribution in [-0.2, 0) is 14.4 Å². The highest BCUT2D eigenvalue weighted by atomic mass is 16.4. The van der Waals surface area contributed by atoms with Gasteiger partial charge in [0.2, 0.25) is 5.91 Å². The van der Waals surface area contributed by atoms with Crippen LogP contribution in [0.1, 0.15) is 30.1 Å². The summed E-state index contributed by atoms with van der Waals surface area (Å²) in [6.45, 7) is 1.42. The summed E-state index contributed by atoms with van der Waals surface area (Å²) in [6.07, 6.45) is -0.556. The van der Waals surface area contributed by atoms with Gasteiger partial charge < -0.3 is 20.8 Å². The molecule has 8 heteroatoms. The second kappa shape index (κ2) is 9.31. The van der Waals surface area contributed by atoms with Gasteiger partial charge in [0.05, 0.1) is 0 Å². The Morgan fingerprint density at radius 1 is 0.893 bits per heavy atom. The summed E-state index contributed by atoms with van der Waals surface area (Å²) in [7, 11) is 0. The third-order valence-electron chi connectivity index (χ3n) is 3.94. The summed E-state index contributed by atoms with van der Waals surface area (Å²) in [5.74, 6) is -3.17. The summed E-state index contributed by atoms with van der Waals surface area (Å²) in [5, 5.41) is 22.8. The van der Waals surface area contributed by atoms with E-state index in [1.54, 1.807) is 36.4 Å². The number of hydrogen-bond donors (Lipinski definition) is 4. The van der Waals surface area contributed by atoms with Crippen molar-refractivity contribution < 1.29 is 29.4 Å². The molecule has 8 nitrogen and oxygen atoms in total. The quantitative estimate of drug-likeness (QED) is 0.552. The highest BCUT2D eigenvalue weighted by Crippen LogP contribution is 2.22. The van der Waals surface area contributed by atoms with Crippen LogP contribution in [0.4, 0.5) is 5.69 Å². The fraction of sp³-hybridized carbons (Fsp3) is 0.200. The first kappa shape index (κ1) is 20.6. The lowest BCUT2D eigenvalue weighted by atomic mass is 10.0. The smallest absolute Gasteiger partial charge is 0.326 e. The largest absolute Gasteiger partial charge is 0.481 e. The maximum absolute atomic E-state index is 12.2. The molecule has 146 valence electrons. The molecule has 0 heterocycles. The first-order valence-corrected chi connectivity index (χ1v) is 8.50. The van der Waals surface area contributed by atoms with Crippen LogP contribution in [0.3, 0.4) is 0 Å². The topological polar surface area (TPSA) is 133 Å². The van der Waals surface area contributed by atoms with Crippen molar-refractivity contribution in [3.63, 3.8) is 0 Å². The van der Waals surface area contributed by atoms with E-state index in [0.717, 1.165) is 11.1 Å². The van der Waals surface area contributed by atoms with E-state index in [1.165, 1.54) is 6.92 Å². The number of carbonyl (C=O) groups excluding carboxylic acids is 2. The molecule has 0 aromatic heterocycles. The van der Waals surface area contributed by atoms with Gasteiger partial charge in [-0.1, -0.05) is 24.3 Å². The molecule has 2 rings (SSSR count). The number of rotatable bonds is 8. The molecule has 0 aliphatic carbocycles. The number of amides is 2. The van der Waals surface area contributed by atoms with Crippen molar-refractivity contribution in [3.8, 4) is 11.1 Å². The van der Waals surface area contributed by atoms with Crippen LogP contribution >= 0.6 is 0 Å². The van der Waals surface area contributed by atoms with Gasteiger partial charge in [-0.2, -0.15) is 0 Å². The summed E-state index contributed by atoms with van der Waals surface area (Å²) in [6, 6.07) is 12.5. The number of nitrogens with one attached hydrogen (secondary N) is 2. The molecular weight excluding hydrogens is 364 g/mol. The number of benzene rings is 2. The van der Waals surface area contributed by atoms with E-state index in [9.17, 15) is 19.2 Å². The normalized spacial score (nSPS) is 11.3. The van der Waals surface area contributed by atoms with E-state index in [2.05, 4.69) is 10.6 Å². The van der Waals surface area contributed by atoms with E-state index >= 15 is 0 Å². The highest BCUT2D eigenvalue weighted by molar-refractivity contribution is 5.97.